The van der Waals surface area contributed by atoms with E-state index in [1.807, 2.05) is 6.08 Å². The van der Waals surface area contributed by atoms with Crippen LogP contribution in [0.15, 0.2) is 11.8 Å². The van der Waals surface area contributed by atoms with Crippen LogP contribution in [-0.2, 0) is 4.74 Å². The van der Waals surface area contributed by atoms with Crippen molar-refractivity contribution < 1.29 is 14.9 Å². The van der Waals surface area contributed by atoms with E-state index in [9.17, 15) is 10.2 Å². The Morgan fingerprint density at radius 3 is 2.67 bits per heavy atom. The Labute approximate surface area is 72.7 Å². The van der Waals surface area contributed by atoms with Crippen LogP contribution in [0.1, 0.15) is 26.7 Å². The quantitative estimate of drug-likeness (QED) is 0.648. The van der Waals surface area contributed by atoms with Crippen LogP contribution in [-0.4, -0.2) is 28.5 Å². The maximum absolute atomic E-state index is 9.57. The van der Waals surface area contributed by atoms with Crippen molar-refractivity contribution in [2.45, 2.75) is 38.4 Å². The average molecular weight is 172 g/mol. The molecule has 0 radical (unpaired) electrons. The Balaban J connectivity index is 2.62. The molecular weight excluding hydrogens is 156 g/mol. The van der Waals surface area contributed by atoms with Gasteiger partial charge in [0.05, 0.1) is 12.2 Å². The summed E-state index contributed by atoms with van der Waals surface area (Å²) in [7, 11) is 0. The second kappa shape index (κ2) is 3.46. The molecule has 0 amide bonds. The fourth-order valence-electron chi connectivity index (χ4n) is 1.12. The van der Waals surface area contributed by atoms with E-state index in [2.05, 4.69) is 0 Å². The van der Waals surface area contributed by atoms with E-state index < -0.39 is 11.7 Å². The molecule has 0 fully saturated rings. The summed E-state index contributed by atoms with van der Waals surface area (Å²) in [5.74, 6) is 0.508. The van der Waals surface area contributed by atoms with Crippen LogP contribution >= 0.6 is 0 Å². The molecule has 1 unspecified atom stereocenters. The van der Waals surface area contributed by atoms with Crippen LogP contribution in [0.4, 0.5) is 0 Å². The van der Waals surface area contributed by atoms with Crippen molar-refractivity contribution >= 4 is 0 Å². The molecule has 1 rings (SSSR count). The molecule has 0 saturated carbocycles. The van der Waals surface area contributed by atoms with E-state index in [0.717, 1.165) is 12.8 Å². The summed E-state index contributed by atoms with van der Waals surface area (Å²) in [6.07, 6.45) is 2.84. The molecule has 1 atom stereocenters. The maximum Gasteiger partial charge on any atom is 0.139 e. The predicted molar refractivity (Wildman–Crippen MR) is 45.6 cm³/mol. The molecule has 0 aromatic carbocycles. The Hall–Kier alpha value is -0.540. The van der Waals surface area contributed by atoms with Crippen LogP contribution in [0.25, 0.3) is 0 Å². The fraction of sp³-hybridized carbons (Fsp3) is 0.778. The van der Waals surface area contributed by atoms with Gasteiger partial charge < -0.3 is 14.9 Å². The number of aliphatic hydroxyl groups excluding tert-OH is 1. The first-order valence-corrected chi connectivity index (χ1v) is 4.25. The summed E-state index contributed by atoms with van der Waals surface area (Å²) in [5, 5.41) is 19.0. The van der Waals surface area contributed by atoms with Crippen LogP contribution < -0.4 is 0 Å². The van der Waals surface area contributed by atoms with Crippen LogP contribution in [0.5, 0.6) is 0 Å². The van der Waals surface area contributed by atoms with Crippen LogP contribution in [0, 0.1) is 0 Å². The minimum absolute atomic E-state index is 0.508. The molecule has 1 aliphatic rings. The summed E-state index contributed by atoms with van der Waals surface area (Å²) in [5.41, 5.74) is -1.12. The first-order valence-electron chi connectivity index (χ1n) is 4.25. The Bertz CT molecular complexity index is 179. The largest absolute Gasteiger partial charge is 0.495 e. The van der Waals surface area contributed by atoms with Crippen LogP contribution in [0.2, 0.25) is 0 Å². The van der Waals surface area contributed by atoms with Gasteiger partial charge in [0.25, 0.3) is 0 Å². The van der Waals surface area contributed by atoms with E-state index in [4.69, 9.17) is 4.74 Å². The fourth-order valence-corrected chi connectivity index (χ4v) is 1.12. The molecule has 12 heavy (non-hydrogen) atoms. The molecular formula is C9H16O3. The van der Waals surface area contributed by atoms with Gasteiger partial charge in [0.1, 0.15) is 11.9 Å². The van der Waals surface area contributed by atoms with Gasteiger partial charge in [-0.25, -0.2) is 0 Å². The van der Waals surface area contributed by atoms with Gasteiger partial charge in [-0.2, -0.15) is 0 Å². The molecule has 70 valence electrons. The number of rotatable bonds is 2. The smallest absolute Gasteiger partial charge is 0.139 e. The Morgan fingerprint density at radius 2 is 2.25 bits per heavy atom. The Morgan fingerprint density at radius 1 is 1.58 bits per heavy atom. The first kappa shape index (κ1) is 9.55. The normalized spacial score (nSPS) is 21.2. The zero-order valence-electron chi connectivity index (χ0n) is 7.58. The van der Waals surface area contributed by atoms with Crippen molar-refractivity contribution in [3.63, 3.8) is 0 Å². The third-order valence-electron chi connectivity index (χ3n) is 1.90. The van der Waals surface area contributed by atoms with Crippen molar-refractivity contribution in [1.29, 1.82) is 0 Å². The van der Waals surface area contributed by atoms with Gasteiger partial charge in [-0.05, 0) is 32.8 Å². The van der Waals surface area contributed by atoms with E-state index in [1.165, 1.54) is 0 Å². The standard InChI is InChI=1S/C9H16O3/c1-9(2,11)8(10)7-5-3-4-6-12-7/h5,8,10-11H,3-4,6H2,1-2H3. The highest BCUT2D eigenvalue weighted by Gasteiger charge is 2.29. The van der Waals surface area contributed by atoms with Gasteiger partial charge in [-0.1, -0.05) is 0 Å². The molecule has 3 heteroatoms. The van der Waals surface area contributed by atoms with Crippen molar-refractivity contribution in [2.75, 3.05) is 6.61 Å². The van der Waals surface area contributed by atoms with Crippen LogP contribution in [0.3, 0.4) is 0 Å². The number of ether oxygens (including phenoxy) is 1. The molecule has 0 saturated heterocycles. The number of allylic oxidation sites excluding steroid dienone is 1. The lowest BCUT2D eigenvalue weighted by Crippen LogP contribution is -2.38. The Kier molecular flexibility index (Phi) is 2.75. The zero-order chi connectivity index (χ0) is 9.19. The highest BCUT2D eigenvalue weighted by molar-refractivity contribution is 5.07. The first-order chi connectivity index (χ1) is 5.52. The zero-order valence-corrected chi connectivity index (χ0v) is 7.58. The highest BCUT2D eigenvalue weighted by Crippen LogP contribution is 2.21. The van der Waals surface area contributed by atoms with Gasteiger partial charge in [0, 0.05) is 0 Å². The average Bonchev–Trinajstić information content (AvgIpc) is 2.03. The second-order valence-corrected chi connectivity index (χ2v) is 3.65. The van der Waals surface area contributed by atoms with Gasteiger partial charge in [-0.15, -0.1) is 0 Å². The lowest BCUT2D eigenvalue weighted by atomic mass is 9.99. The lowest BCUT2D eigenvalue weighted by molar-refractivity contribution is -0.0568. The lowest BCUT2D eigenvalue weighted by Gasteiger charge is -2.28. The van der Waals surface area contributed by atoms with Crippen molar-refractivity contribution in [2.24, 2.45) is 0 Å². The third kappa shape index (κ3) is 2.22. The minimum atomic E-state index is -1.12. The van der Waals surface area contributed by atoms with Crippen molar-refractivity contribution in [1.82, 2.24) is 0 Å². The number of hydrogen-bond donors (Lipinski definition) is 2. The summed E-state index contributed by atoms with van der Waals surface area (Å²) < 4.78 is 5.22. The molecule has 0 aromatic heterocycles. The van der Waals surface area contributed by atoms with Crippen molar-refractivity contribution in [3.8, 4) is 0 Å². The number of hydrogen-bond acceptors (Lipinski definition) is 3. The van der Waals surface area contributed by atoms with Gasteiger partial charge in [-0.3, -0.25) is 0 Å². The molecule has 1 aliphatic heterocycles. The maximum atomic E-state index is 9.57. The second-order valence-electron chi connectivity index (χ2n) is 3.65. The molecule has 0 aromatic rings. The van der Waals surface area contributed by atoms with Gasteiger partial charge in [0.15, 0.2) is 0 Å². The molecule has 0 spiro atoms. The summed E-state index contributed by atoms with van der Waals surface area (Å²) >= 11 is 0. The van der Waals surface area contributed by atoms with Gasteiger partial charge >= 0.3 is 0 Å². The van der Waals surface area contributed by atoms with E-state index in [1.54, 1.807) is 13.8 Å². The molecule has 2 N–H and O–H groups in total. The van der Waals surface area contributed by atoms with E-state index in [0.29, 0.717) is 12.4 Å². The molecule has 0 bridgehead atoms. The highest BCUT2D eigenvalue weighted by atomic mass is 16.5. The van der Waals surface area contributed by atoms with Gasteiger partial charge in [0.2, 0.25) is 0 Å². The SMILES string of the molecule is CC(C)(O)C(O)C1=CCCCO1. The topological polar surface area (TPSA) is 49.7 Å². The third-order valence-corrected chi connectivity index (χ3v) is 1.90. The van der Waals surface area contributed by atoms with E-state index in [-0.39, 0.29) is 0 Å². The van der Waals surface area contributed by atoms with E-state index >= 15 is 0 Å². The molecule has 3 nitrogen and oxygen atoms in total. The molecule has 1 heterocycles. The number of aliphatic hydroxyl groups is 2. The van der Waals surface area contributed by atoms with Crippen molar-refractivity contribution in [3.05, 3.63) is 11.8 Å². The summed E-state index contributed by atoms with van der Waals surface area (Å²) in [6, 6.07) is 0. The summed E-state index contributed by atoms with van der Waals surface area (Å²) in [4.78, 5) is 0. The monoisotopic (exact) mass is 172 g/mol. The predicted octanol–water partition coefficient (Wildman–Crippen LogP) is 0.812. The summed E-state index contributed by atoms with van der Waals surface area (Å²) in [6.45, 7) is 3.77. The minimum Gasteiger partial charge on any atom is -0.495 e. The molecule has 0 aliphatic carbocycles.